The van der Waals surface area contributed by atoms with Crippen LogP contribution in [0.1, 0.15) is 0 Å². The molecule has 2 amide bonds. The predicted octanol–water partition coefficient (Wildman–Crippen LogP) is -0.409. The lowest BCUT2D eigenvalue weighted by atomic mass is 10.5. The summed E-state index contributed by atoms with van der Waals surface area (Å²) in [6.07, 6.45) is 3.00. The Morgan fingerprint density at radius 3 is 1.58 bits per heavy atom. The molecule has 0 radical (unpaired) electrons. The van der Waals surface area contributed by atoms with Gasteiger partial charge >= 0.3 is 11.8 Å². The number of rotatable bonds is 4. The van der Waals surface area contributed by atoms with Crippen LogP contribution in [0.2, 0.25) is 0 Å². The molecule has 0 aliphatic heterocycles. The molecule has 0 aromatic heterocycles. The van der Waals surface area contributed by atoms with Gasteiger partial charge in [-0.15, -0.1) is 13.2 Å². The molecule has 0 saturated carbocycles. The van der Waals surface area contributed by atoms with Gasteiger partial charge in [-0.25, -0.2) is 0 Å². The van der Waals surface area contributed by atoms with Gasteiger partial charge in [-0.05, 0) is 0 Å². The van der Waals surface area contributed by atoms with Crippen molar-refractivity contribution in [3.8, 4) is 0 Å². The average Bonchev–Trinajstić information content (AvgIpc) is 2.10. The second-order valence-corrected chi connectivity index (χ2v) is 2.00. The molecule has 66 valence electrons. The number of amides is 2. The van der Waals surface area contributed by atoms with Gasteiger partial charge in [0.15, 0.2) is 0 Å². The van der Waals surface area contributed by atoms with Gasteiger partial charge in [0.2, 0.25) is 0 Å². The normalized spacial score (nSPS) is 8.33. The van der Waals surface area contributed by atoms with Crippen molar-refractivity contribution in [1.29, 1.82) is 0 Å². The molecule has 0 aliphatic carbocycles. The van der Waals surface area contributed by atoms with Crippen LogP contribution in [0.3, 0.4) is 0 Å². The van der Waals surface area contributed by atoms with Crippen molar-refractivity contribution in [2.45, 2.75) is 0 Å². The smallest absolute Gasteiger partial charge is 0.309 e. The van der Waals surface area contributed by atoms with E-state index in [-0.39, 0.29) is 0 Å². The summed E-state index contributed by atoms with van der Waals surface area (Å²) in [7, 11) is 0. The Labute approximate surface area is 71.3 Å². The summed E-state index contributed by atoms with van der Waals surface area (Å²) in [6, 6.07) is 0. The fourth-order valence-electron chi connectivity index (χ4n) is 0.490. The molecule has 0 unspecified atom stereocenters. The highest BCUT2D eigenvalue weighted by Gasteiger charge is 2.09. The van der Waals surface area contributed by atoms with Crippen LogP contribution in [0, 0.1) is 0 Å². The summed E-state index contributed by atoms with van der Waals surface area (Å²) in [5.74, 6) is -1.31. The van der Waals surface area contributed by atoms with E-state index in [0.29, 0.717) is 13.1 Å². The van der Waals surface area contributed by atoms with E-state index < -0.39 is 11.8 Å². The fraction of sp³-hybridized carbons (Fsp3) is 0.250. The lowest BCUT2D eigenvalue weighted by Gasteiger charge is -2.01. The molecule has 0 bridgehead atoms. The molecule has 12 heavy (non-hydrogen) atoms. The van der Waals surface area contributed by atoms with Crippen LogP contribution in [-0.2, 0) is 9.59 Å². The Morgan fingerprint density at radius 2 is 1.33 bits per heavy atom. The SMILES string of the molecule is C=CCNC(=O)C(=O)NCC=C. The van der Waals surface area contributed by atoms with Gasteiger partial charge < -0.3 is 10.6 Å². The van der Waals surface area contributed by atoms with E-state index in [1.807, 2.05) is 0 Å². The summed E-state index contributed by atoms with van der Waals surface area (Å²) in [5.41, 5.74) is 0. The zero-order chi connectivity index (χ0) is 9.40. The lowest BCUT2D eigenvalue weighted by Crippen LogP contribution is -2.39. The fourth-order valence-corrected chi connectivity index (χ4v) is 0.490. The summed E-state index contributed by atoms with van der Waals surface area (Å²) in [5, 5.41) is 4.68. The van der Waals surface area contributed by atoms with Crippen molar-refractivity contribution >= 4 is 11.8 Å². The first-order valence-electron chi connectivity index (χ1n) is 3.50. The highest BCUT2D eigenvalue weighted by molar-refractivity contribution is 6.35. The van der Waals surface area contributed by atoms with Crippen molar-refractivity contribution in [3.05, 3.63) is 25.3 Å². The summed E-state index contributed by atoms with van der Waals surface area (Å²) in [4.78, 5) is 21.6. The Morgan fingerprint density at radius 1 is 1.00 bits per heavy atom. The minimum atomic E-state index is -0.656. The molecule has 0 spiro atoms. The predicted molar refractivity (Wildman–Crippen MR) is 46.4 cm³/mol. The first kappa shape index (κ1) is 10.4. The maximum Gasteiger partial charge on any atom is 0.309 e. The molecule has 2 N–H and O–H groups in total. The molecule has 0 fully saturated rings. The highest BCUT2D eigenvalue weighted by Crippen LogP contribution is 1.69. The third kappa shape index (κ3) is 4.27. The van der Waals surface area contributed by atoms with E-state index in [2.05, 4.69) is 23.8 Å². The van der Waals surface area contributed by atoms with Gasteiger partial charge in [0.25, 0.3) is 0 Å². The maximum atomic E-state index is 10.8. The molecule has 0 saturated heterocycles. The number of carbonyl (C=O) groups is 2. The van der Waals surface area contributed by atoms with Gasteiger partial charge in [-0.1, -0.05) is 12.2 Å². The molecular weight excluding hydrogens is 156 g/mol. The second-order valence-electron chi connectivity index (χ2n) is 2.00. The Kier molecular flexibility index (Phi) is 5.34. The molecule has 0 atom stereocenters. The van der Waals surface area contributed by atoms with Gasteiger partial charge in [-0.2, -0.15) is 0 Å². The van der Waals surface area contributed by atoms with E-state index in [0.717, 1.165) is 0 Å². The minimum absolute atomic E-state index is 0.292. The maximum absolute atomic E-state index is 10.8. The zero-order valence-corrected chi connectivity index (χ0v) is 6.80. The quantitative estimate of drug-likeness (QED) is 0.443. The monoisotopic (exact) mass is 168 g/mol. The van der Waals surface area contributed by atoms with Crippen molar-refractivity contribution in [3.63, 3.8) is 0 Å². The number of hydrogen-bond donors (Lipinski definition) is 2. The molecule has 0 aromatic carbocycles. The second kappa shape index (κ2) is 6.15. The standard InChI is InChI=1S/C8H12N2O2/c1-3-5-9-7(11)8(12)10-6-4-2/h3-4H,1-2,5-6H2,(H,9,11)(H,10,12). The first-order valence-corrected chi connectivity index (χ1v) is 3.50. The highest BCUT2D eigenvalue weighted by atomic mass is 16.2. The van der Waals surface area contributed by atoms with E-state index in [1.165, 1.54) is 12.2 Å². The molecule has 0 rings (SSSR count). The van der Waals surface area contributed by atoms with Crippen LogP contribution in [0.15, 0.2) is 25.3 Å². The van der Waals surface area contributed by atoms with Crippen molar-refractivity contribution in [2.24, 2.45) is 0 Å². The molecule has 4 nitrogen and oxygen atoms in total. The van der Waals surface area contributed by atoms with Gasteiger partial charge in [-0.3, -0.25) is 9.59 Å². The zero-order valence-electron chi connectivity index (χ0n) is 6.80. The molecule has 0 aromatic rings. The van der Waals surface area contributed by atoms with Crippen LogP contribution >= 0.6 is 0 Å². The Bertz CT molecular complexity index is 177. The lowest BCUT2D eigenvalue weighted by molar-refractivity contribution is -0.138. The van der Waals surface area contributed by atoms with E-state index in [4.69, 9.17) is 0 Å². The van der Waals surface area contributed by atoms with Crippen LogP contribution in [0.25, 0.3) is 0 Å². The summed E-state index contributed by atoms with van der Waals surface area (Å²) < 4.78 is 0. The van der Waals surface area contributed by atoms with Gasteiger partial charge in [0.1, 0.15) is 0 Å². The number of nitrogens with one attached hydrogen (secondary N) is 2. The summed E-state index contributed by atoms with van der Waals surface area (Å²) >= 11 is 0. The Hall–Kier alpha value is -1.58. The van der Waals surface area contributed by atoms with E-state index >= 15 is 0 Å². The van der Waals surface area contributed by atoms with Crippen LogP contribution in [-0.4, -0.2) is 24.9 Å². The van der Waals surface area contributed by atoms with Gasteiger partial charge in [0.05, 0.1) is 0 Å². The molecule has 0 aliphatic rings. The third-order valence-electron chi connectivity index (χ3n) is 1.02. The third-order valence-corrected chi connectivity index (χ3v) is 1.02. The van der Waals surface area contributed by atoms with Crippen molar-refractivity contribution in [1.82, 2.24) is 10.6 Å². The van der Waals surface area contributed by atoms with Crippen LogP contribution < -0.4 is 10.6 Å². The molecular formula is C8H12N2O2. The first-order chi connectivity index (χ1) is 5.72. The topological polar surface area (TPSA) is 58.2 Å². The summed E-state index contributed by atoms with van der Waals surface area (Å²) in [6.45, 7) is 7.37. The van der Waals surface area contributed by atoms with E-state index in [1.54, 1.807) is 0 Å². The average molecular weight is 168 g/mol. The number of carbonyl (C=O) groups excluding carboxylic acids is 2. The molecule has 4 heteroatoms. The van der Waals surface area contributed by atoms with E-state index in [9.17, 15) is 9.59 Å². The van der Waals surface area contributed by atoms with Crippen LogP contribution in [0.4, 0.5) is 0 Å². The minimum Gasteiger partial charge on any atom is -0.344 e. The number of hydrogen-bond acceptors (Lipinski definition) is 2. The Balaban J connectivity index is 3.68. The van der Waals surface area contributed by atoms with Gasteiger partial charge in [0, 0.05) is 13.1 Å². The van der Waals surface area contributed by atoms with Crippen molar-refractivity contribution < 1.29 is 9.59 Å². The van der Waals surface area contributed by atoms with Crippen LogP contribution in [0.5, 0.6) is 0 Å². The molecule has 0 heterocycles. The van der Waals surface area contributed by atoms with Crippen molar-refractivity contribution in [2.75, 3.05) is 13.1 Å². The largest absolute Gasteiger partial charge is 0.344 e.